The molecule has 3 heteroatoms. The number of nitrogens with zero attached hydrogens (tertiary/aromatic N) is 1. The van der Waals surface area contributed by atoms with Crippen molar-refractivity contribution in [1.82, 2.24) is 4.98 Å². The largest absolute Gasteiger partial charge is 0.491 e. The zero-order valence-corrected chi connectivity index (χ0v) is 11.9. The fourth-order valence-electron chi connectivity index (χ4n) is 2.84. The van der Waals surface area contributed by atoms with Crippen LogP contribution in [-0.4, -0.2) is 17.3 Å². The lowest BCUT2D eigenvalue weighted by Gasteiger charge is -2.26. The Hall–Kier alpha value is -1.22. The number of fused-ring (bicyclic) bond motifs is 1. The van der Waals surface area contributed by atoms with Gasteiger partial charge in [-0.15, -0.1) is 0 Å². The molecule has 1 fully saturated rings. The molecule has 3 rings (SSSR count). The molecule has 1 aromatic carbocycles. The summed E-state index contributed by atoms with van der Waals surface area (Å²) in [5, 5.41) is 1.13. The first-order chi connectivity index (χ1) is 9.31. The highest BCUT2D eigenvalue weighted by Gasteiger charge is 2.33. The van der Waals surface area contributed by atoms with E-state index >= 15 is 0 Å². The quantitative estimate of drug-likeness (QED) is 0.847. The predicted octanol–water partition coefficient (Wildman–Crippen LogP) is 4.10. The first kappa shape index (κ1) is 12.8. The topological polar surface area (TPSA) is 22.1 Å². The van der Waals surface area contributed by atoms with Crippen LogP contribution in [0, 0.1) is 5.41 Å². The second-order valence-electron chi connectivity index (χ2n) is 5.52. The summed E-state index contributed by atoms with van der Waals surface area (Å²) in [6.07, 6.45) is 6.90. The molecule has 1 aliphatic rings. The van der Waals surface area contributed by atoms with E-state index in [0.29, 0.717) is 0 Å². The van der Waals surface area contributed by atoms with Gasteiger partial charge in [-0.05, 0) is 30.7 Å². The van der Waals surface area contributed by atoms with E-state index in [9.17, 15) is 0 Å². The molecule has 1 aromatic heterocycles. The third-order valence-electron chi connectivity index (χ3n) is 4.11. The van der Waals surface area contributed by atoms with E-state index in [1.807, 2.05) is 24.4 Å². The summed E-state index contributed by atoms with van der Waals surface area (Å²) in [5.74, 6) is 1.78. The van der Waals surface area contributed by atoms with Crippen LogP contribution in [-0.2, 0) is 0 Å². The summed E-state index contributed by atoms with van der Waals surface area (Å²) in [5.41, 5.74) is 1.29. The van der Waals surface area contributed by atoms with Gasteiger partial charge in [0, 0.05) is 10.8 Å². The van der Waals surface area contributed by atoms with Crippen LogP contribution in [0.3, 0.4) is 0 Å². The summed E-state index contributed by atoms with van der Waals surface area (Å²) in [6, 6.07) is 10.2. The van der Waals surface area contributed by atoms with Crippen molar-refractivity contribution < 1.29 is 4.74 Å². The number of thiol groups is 1. The molecule has 0 unspecified atom stereocenters. The van der Waals surface area contributed by atoms with E-state index in [2.05, 4.69) is 29.7 Å². The van der Waals surface area contributed by atoms with Crippen molar-refractivity contribution >= 4 is 23.5 Å². The molecule has 0 atom stereocenters. The van der Waals surface area contributed by atoms with Gasteiger partial charge in [-0.1, -0.05) is 31.0 Å². The Balaban J connectivity index is 1.74. The molecule has 0 aliphatic heterocycles. The highest BCUT2D eigenvalue weighted by Crippen LogP contribution is 2.39. The molecule has 2 nitrogen and oxygen atoms in total. The van der Waals surface area contributed by atoms with Gasteiger partial charge >= 0.3 is 0 Å². The Morgan fingerprint density at radius 1 is 1.21 bits per heavy atom. The van der Waals surface area contributed by atoms with Crippen LogP contribution in [0.5, 0.6) is 5.75 Å². The first-order valence-corrected chi connectivity index (χ1v) is 7.53. The van der Waals surface area contributed by atoms with Crippen molar-refractivity contribution in [2.75, 3.05) is 12.4 Å². The average molecular weight is 273 g/mol. The summed E-state index contributed by atoms with van der Waals surface area (Å²) >= 11 is 4.51. The lowest BCUT2D eigenvalue weighted by Crippen LogP contribution is -2.27. The van der Waals surface area contributed by atoms with E-state index in [0.717, 1.165) is 29.0 Å². The number of rotatable bonds is 4. The highest BCUT2D eigenvalue weighted by molar-refractivity contribution is 7.80. The van der Waals surface area contributed by atoms with E-state index in [4.69, 9.17) is 4.74 Å². The Bertz CT molecular complexity index is 563. The van der Waals surface area contributed by atoms with Gasteiger partial charge in [0.25, 0.3) is 0 Å². The molecule has 2 aromatic rings. The van der Waals surface area contributed by atoms with Crippen molar-refractivity contribution in [2.24, 2.45) is 5.41 Å². The summed E-state index contributed by atoms with van der Waals surface area (Å²) in [6.45, 7) is 0.760. The van der Waals surface area contributed by atoms with Crippen LogP contribution in [0.15, 0.2) is 36.5 Å². The molecule has 1 saturated carbocycles. The van der Waals surface area contributed by atoms with Gasteiger partial charge in [0.15, 0.2) is 0 Å². The molecule has 100 valence electrons. The molecule has 1 aliphatic carbocycles. The van der Waals surface area contributed by atoms with Gasteiger partial charge in [-0.3, -0.25) is 4.98 Å². The maximum atomic E-state index is 5.98. The molecule has 0 amide bonds. The number of aromatic nitrogens is 1. The second kappa shape index (κ2) is 5.41. The van der Waals surface area contributed by atoms with Crippen molar-refractivity contribution in [3.05, 3.63) is 36.5 Å². The molecule has 0 bridgehead atoms. The molecule has 19 heavy (non-hydrogen) atoms. The molecular weight excluding hydrogens is 254 g/mol. The van der Waals surface area contributed by atoms with Gasteiger partial charge < -0.3 is 4.74 Å². The molecule has 0 radical (unpaired) electrons. The van der Waals surface area contributed by atoms with E-state index < -0.39 is 0 Å². The fraction of sp³-hybridized carbons (Fsp3) is 0.438. The highest BCUT2D eigenvalue weighted by atomic mass is 32.1. The van der Waals surface area contributed by atoms with Gasteiger partial charge in [-0.2, -0.15) is 12.6 Å². The molecule has 1 heterocycles. The summed E-state index contributed by atoms with van der Waals surface area (Å²) in [4.78, 5) is 4.43. The Labute approximate surface area is 119 Å². The van der Waals surface area contributed by atoms with Crippen LogP contribution in [0.1, 0.15) is 25.7 Å². The van der Waals surface area contributed by atoms with E-state index in [-0.39, 0.29) is 5.41 Å². The van der Waals surface area contributed by atoms with Gasteiger partial charge in [0.2, 0.25) is 0 Å². The first-order valence-electron chi connectivity index (χ1n) is 6.90. The molecule has 0 spiro atoms. The minimum atomic E-state index is 0.273. The Morgan fingerprint density at radius 3 is 2.79 bits per heavy atom. The van der Waals surface area contributed by atoms with Crippen LogP contribution in [0.4, 0.5) is 0 Å². The van der Waals surface area contributed by atoms with Crippen molar-refractivity contribution in [2.45, 2.75) is 25.7 Å². The van der Waals surface area contributed by atoms with Crippen molar-refractivity contribution in [3.8, 4) is 5.75 Å². The fourth-order valence-corrected chi connectivity index (χ4v) is 3.25. The predicted molar refractivity (Wildman–Crippen MR) is 82.0 cm³/mol. The second-order valence-corrected chi connectivity index (χ2v) is 5.83. The van der Waals surface area contributed by atoms with Crippen molar-refractivity contribution in [1.29, 1.82) is 0 Å². The van der Waals surface area contributed by atoms with E-state index in [1.54, 1.807) is 0 Å². The number of hydrogen-bond acceptors (Lipinski definition) is 3. The van der Waals surface area contributed by atoms with Crippen molar-refractivity contribution in [3.63, 3.8) is 0 Å². The Kier molecular flexibility index (Phi) is 3.65. The van der Waals surface area contributed by atoms with Gasteiger partial charge in [0.1, 0.15) is 5.75 Å². The molecule has 0 saturated heterocycles. The summed E-state index contributed by atoms with van der Waals surface area (Å²) < 4.78 is 5.98. The minimum absolute atomic E-state index is 0.273. The van der Waals surface area contributed by atoms with Crippen LogP contribution in [0.2, 0.25) is 0 Å². The maximum absolute atomic E-state index is 5.98. The third kappa shape index (κ3) is 2.71. The number of para-hydroxylation sites is 1. The average Bonchev–Trinajstić information content (AvgIpc) is 2.94. The normalized spacial score (nSPS) is 17.7. The van der Waals surface area contributed by atoms with Crippen LogP contribution in [0.25, 0.3) is 10.9 Å². The molecule has 0 N–H and O–H groups in total. The SMILES string of the molecule is SCC1(COc2cnc3ccccc3c2)CCCC1. The minimum Gasteiger partial charge on any atom is -0.491 e. The van der Waals surface area contributed by atoms with Gasteiger partial charge in [0.05, 0.1) is 18.3 Å². The standard InChI is InChI=1S/C16H19NOS/c19-12-16(7-3-4-8-16)11-18-14-9-13-5-1-2-6-15(13)17-10-14/h1-2,5-6,9-10,19H,3-4,7-8,11-12H2. The van der Waals surface area contributed by atoms with Crippen LogP contribution >= 0.6 is 12.6 Å². The van der Waals surface area contributed by atoms with Crippen LogP contribution < -0.4 is 4.74 Å². The monoisotopic (exact) mass is 273 g/mol. The Morgan fingerprint density at radius 2 is 2.00 bits per heavy atom. The lowest BCUT2D eigenvalue weighted by molar-refractivity contribution is 0.173. The zero-order chi connectivity index (χ0) is 13.1. The molecular formula is C16H19NOS. The lowest BCUT2D eigenvalue weighted by atomic mass is 9.90. The number of pyridine rings is 1. The summed E-state index contributed by atoms with van der Waals surface area (Å²) in [7, 11) is 0. The smallest absolute Gasteiger partial charge is 0.138 e. The van der Waals surface area contributed by atoms with E-state index in [1.165, 1.54) is 25.7 Å². The number of hydrogen-bond donors (Lipinski definition) is 1. The number of ether oxygens (including phenoxy) is 1. The number of benzene rings is 1. The third-order valence-corrected chi connectivity index (χ3v) is 4.78. The maximum Gasteiger partial charge on any atom is 0.138 e. The zero-order valence-electron chi connectivity index (χ0n) is 11.0. The van der Waals surface area contributed by atoms with Gasteiger partial charge in [-0.25, -0.2) is 0 Å².